The summed E-state index contributed by atoms with van der Waals surface area (Å²) in [5, 5.41) is 0. The minimum absolute atomic E-state index is 0.518. The van der Waals surface area contributed by atoms with Crippen molar-refractivity contribution in [3.8, 4) is 0 Å². The van der Waals surface area contributed by atoms with E-state index >= 15 is 0 Å². The lowest BCUT2D eigenvalue weighted by Gasteiger charge is -2.08. The molecule has 0 bridgehead atoms. The molecule has 2 rings (SSSR count). The predicted molar refractivity (Wildman–Crippen MR) is 80.4 cm³/mol. The van der Waals surface area contributed by atoms with Crippen LogP contribution in [0.15, 0.2) is 47.4 Å². The SMILES string of the molecule is Cc1ccc(C)c(S(=O)Cc2cccc(CN)c2)c1. The van der Waals surface area contributed by atoms with Gasteiger partial charge in [0.15, 0.2) is 0 Å². The number of benzene rings is 2. The van der Waals surface area contributed by atoms with Gasteiger partial charge in [0.25, 0.3) is 0 Å². The van der Waals surface area contributed by atoms with Gasteiger partial charge >= 0.3 is 0 Å². The lowest BCUT2D eigenvalue weighted by atomic mass is 10.1. The standard InChI is InChI=1S/C16H19NOS/c1-12-6-7-13(2)16(8-12)19(18)11-15-5-3-4-14(9-15)10-17/h3-9H,10-11,17H2,1-2H3. The molecule has 0 heterocycles. The average Bonchev–Trinajstić information content (AvgIpc) is 2.41. The predicted octanol–water partition coefficient (Wildman–Crippen LogP) is 3.07. The summed E-state index contributed by atoms with van der Waals surface area (Å²) in [5.41, 5.74) is 10.0. The Morgan fingerprint density at radius 3 is 2.53 bits per heavy atom. The molecule has 1 atom stereocenters. The summed E-state index contributed by atoms with van der Waals surface area (Å²) in [6, 6.07) is 14.1. The molecule has 0 saturated heterocycles. The Balaban J connectivity index is 2.23. The van der Waals surface area contributed by atoms with Gasteiger partial charge in [-0.2, -0.15) is 0 Å². The largest absolute Gasteiger partial charge is 0.326 e. The summed E-state index contributed by atoms with van der Waals surface area (Å²) in [7, 11) is -1.01. The van der Waals surface area contributed by atoms with Gasteiger partial charge in [-0.3, -0.25) is 4.21 Å². The molecule has 19 heavy (non-hydrogen) atoms. The van der Waals surface area contributed by atoms with Crippen molar-refractivity contribution < 1.29 is 4.21 Å². The van der Waals surface area contributed by atoms with Gasteiger partial charge in [0.2, 0.25) is 0 Å². The fourth-order valence-electron chi connectivity index (χ4n) is 2.03. The van der Waals surface area contributed by atoms with Crippen LogP contribution in [-0.2, 0) is 23.1 Å². The maximum absolute atomic E-state index is 12.5. The van der Waals surface area contributed by atoms with Crippen molar-refractivity contribution in [2.24, 2.45) is 5.73 Å². The first-order valence-electron chi connectivity index (χ1n) is 6.33. The molecule has 0 saturated carbocycles. The quantitative estimate of drug-likeness (QED) is 0.930. The molecule has 0 spiro atoms. The van der Waals surface area contributed by atoms with Crippen LogP contribution in [-0.4, -0.2) is 4.21 Å². The van der Waals surface area contributed by atoms with Crippen LogP contribution in [0.4, 0.5) is 0 Å². The molecule has 0 aliphatic carbocycles. The van der Waals surface area contributed by atoms with E-state index in [1.165, 1.54) is 0 Å². The first-order chi connectivity index (χ1) is 9.10. The third kappa shape index (κ3) is 3.52. The lowest BCUT2D eigenvalue weighted by Crippen LogP contribution is -2.01. The Hall–Kier alpha value is -1.45. The number of hydrogen-bond donors (Lipinski definition) is 1. The summed E-state index contributed by atoms with van der Waals surface area (Å²) < 4.78 is 12.5. The zero-order chi connectivity index (χ0) is 13.8. The Kier molecular flexibility index (Phi) is 4.51. The normalized spacial score (nSPS) is 12.4. The highest BCUT2D eigenvalue weighted by Crippen LogP contribution is 2.18. The first kappa shape index (κ1) is 14.0. The van der Waals surface area contributed by atoms with E-state index < -0.39 is 10.8 Å². The molecular formula is C16H19NOS. The number of rotatable bonds is 4. The molecule has 0 aliphatic rings. The van der Waals surface area contributed by atoms with Crippen molar-refractivity contribution in [1.29, 1.82) is 0 Å². The average molecular weight is 273 g/mol. The van der Waals surface area contributed by atoms with Crippen LogP contribution in [0.25, 0.3) is 0 Å². The Labute approximate surface area is 117 Å². The molecule has 2 aromatic rings. The van der Waals surface area contributed by atoms with Gasteiger partial charge in [-0.25, -0.2) is 0 Å². The third-order valence-corrected chi connectivity index (χ3v) is 4.64. The maximum Gasteiger partial charge on any atom is 0.0576 e. The molecule has 2 N–H and O–H groups in total. The maximum atomic E-state index is 12.5. The van der Waals surface area contributed by atoms with Crippen LogP contribution in [0.3, 0.4) is 0 Å². The molecule has 2 nitrogen and oxygen atoms in total. The topological polar surface area (TPSA) is 43.1 Å². The van der Waals surface area contributed by atoms with E-state index in [9.17, 15) is 4.21 Å². The Morgan fingerprint density at radius 2 is 1.79 bits per heavy atom. The van der Waals surface area contributed by atoms with Crippen LogP contribution in [0.2, 0.25) is 0 Å². The number of hydrogen-bond acceptors (Lipinski definition) is 2. The Bertz CT molecular complexity index is 607. The van der Waals surface area contributed by atoms with E-state index in [1.807, 2.05) is 56.3 Å². The van der Waals surface area contributed by atoms with E-state index in [-0.39, 0.29) is 0 Å². The van der Waals surface area contributed by atoms with Gasteiger partial charge < -0.3 is 5.73 Å². The fraction of sp³-hybridized carbons (Fsp3) is 0.250. The van der Waals surface area contributed by atoms with Gasteiger partial charge in [-0.15, -0.1) is 0 Å². The number of nitrogens with two attached hydrogens (primary N) is 1. The molecule has 0 fully saturated rings. The molecule has 2 aromatic carbocycles. The van der Waals surface area contributed by atoms with Crippen molar-refractivity contribution in [2.45, 2.75) is 31.0 Å². The summed E-state index contributed by atoms with van der Waals surface area (Å²) in [4.78, 5) is 0.929. The van der Waals surface area contributed by atoms with Crippen LogP contribution in [0, 0.1) is 13.8 Å². The molecular weight excluding hydrogens is 254 g/mol. The molecule has 100 valence electrons. The van der Waals surface area contributed by atoms with Crippen molar-refractivity contribution in [3.63, 3.8) is 0 Å². The molecule has 0 aliphatic heterocycles. The second-order valence-electron chi connectivity index (χ2n) is 4.78. The van der Waals surface area contributed by atoms with Crippen molar-refractivity contribution >= 4 is 10.8 Å². The van der Waals surface area contributed by atoms with Gasteiger partial charge in [-0.1, -0.05) is 36.4 Å². The van der Waals surface area contributed by atoms with Crippen molar-refractivity contribution in [2.75, 3.05) is 0 Å². The zero-order valence-corrected chi connectivity index (χ0v) is 12.2. The van der Waals surface area contributed by atoms with Crippen LogP contribution >= 0.6 is 0 Å². The van der Waals surface area contributed by atoms with Crippen molar-refractivity contribution in [1.82, 2.24) is 0 Å². The van der Waals surface area contributed by atoms with Crippen molar-refractivity contribution in [3.05, 3.63) is 64.7 Å². The highest BCUT2D eigenvalue weighted by molar-refractivity contribution is 7.84. The van der Waals surface area contributed by atoms with E-state index in [0.717, 1.165) is 27.1 Å². The number of aryl methyl sites for hydroxylation is 2. The Morgan fingerprint density at radius 1 is 1.05 bits per heavy atom. The van der Waals surface area contributed by atoms with Crippen LogP contribution in [0.1, 0.15) is 22.3 Å². The monoisotopic (exact) mass is 273 g/mol. The third-order valence-electron chi connectivity index (χ3n) is 3.11. The summed E-state index contributed by atoms with van der Waals surface area (Å²) >= 11 is 0. The minimum Gasteiger partial charge on any atom is -0.326 e. The lowest BCUT2D eigenvalue weighted by molar-refractivity contribution is 0.682. The first-order valence-corrected chi connectivity index (χ1v) is 7.65. The van der Waals surface area contributed by atoms with E-state index in [2.05, 4.69) is 0 Å². The van der Waals surface area contributed by atoms with E-state index in [0.29, 0.717) is 12.3 Å². The van der Waals surface area contributed by atoms with Gasteiger partial charge in [0.1, 0.15) is 0 Å². The smallest absolute Gasteiger partial charge is 0.0576 e. The molecule has 0 amide bonds. The molecule has 0 radical (unpaired) electrons. The molecule has 1 unspecified atom stereocenters. The van der Waals surface area contributed by atoms with E-state index in [1.54, 1.807) is 0 Å². The van der Waals surface area contributed by atoms with Gasteiger partial charge in [-0.05, 0) is 42.2 Å². The highest BCUT2D eigenvalue weighted by Gasteiger charge is 2.09. The fourth-order valence-corrected chi connectivity index (χ4v) is 3.41. The highest BCUT2D eigenvalue weighted by atomic mass is 32.2. The second-order valence-corrected chi connectivity index (χ2v) is 6.20. The summed E-state index contributed by atoms with van der Waals surface area (Å²) in [6.07, 6.45) is 0. The molecule has 0 aromatic heterocycles. The summed E-state index contributed by atoms with van der Waals surface area (Å²) in [5.74, 6) is 0.540. The van der Waals surface area contributed by atoms with Crippen LogP contribution in [0.5, 0.6) is 0 Å². The van der Waals surface area contributed by atoms with E-state index in [4.69, 9.17) is 5.73 Å². The molecule has 3 heteroatoms. The minimum atomic E-state index is -1.01. The zero-order valence-electron chi connectivity index (χ0n) is 11.3. The second kappa shape index (κ2) is 6.13. The van der Waals surface area contributed by atoms with Gasteiger partial charge in [0, 0.05) is 11.4 Å². The summed E-state index contributed by atoms with van der Waals surface area (Å²) in [6.45, 7) is 4.54. The van der Waals surface area contributed by atoms with Gasteiger partial charge in [0.05, 0.1) is 16.6 Å². The van der Waals surface area contributed by atoms with Crippen LogP contribution < -0.4 is 5.73 Å².